The van der Waals surface area contributed by atoms with E-state index in [0.29, 0.717) is 12.8 Å². The van der Waals surface area contributed by atoms with Crippen LogP contribution in [0.1, 0.15) is 51.9 Å². The predicted octanol–water partition coefficient (Wildman–Crippen LogP) is 1.53. The Balaban J connectivity index is 2.43. The molecule has 0 bridgehead atoms. The third-order valence-corrected chi connectivity index (χ3v) is 4.23. The highest BCUT2D eigenvalue weighted by Gasteiger charge is 2.32. The van der Waals surface area contributed by atoms with E-state index in [4.69, 9.17) is 5.11 Å². The molecule has 1 atom stereocenters. The smallest absolute Gasteiger partial charge is 0.308 e. The fraction of sp³-hybridized carbons (Fsp3) is 0.857. The van der Waals surface area contributed by atoms with E-state index in [1.807, 2.05) is 14.0 Å². The number of carboxylic acids is 1. The molecule has 1 saturated carbocycles. The third-order valence-electron chi connectivity index (χ3n) is 4.23. The van der Waals surface area contributed by atoms with Crippen molar-refractivity contribution >= 4 is 11.9 Å². The predicted molar refractivity (Wildman–Crippen MR) is 73.9 cm³/mol. The van der Waals surface area contributed by atoms with Gasteiger partial charge in [-0.15, -0.1) is 0 Å². The third kappa shape index (κ3) is 4.82. The van der Waals surface area contributed by atoms with Crippen LogP contribution in [0.25, 0.3) is 0 Å². The maximum atomic E-state index is 12.0. The lowest BCUT2D eigenvalue weighted by Crippen LogP contribution is -2.48. The van der Waals surface area contributed by atoms with Gasteiger partial charge in [0.25, 0.3) is 0 Å². The molecule has 0 radical (unpaired) electrons. The molecule has 1 aliphatic carbocycles. The second-order valence-electron chi connectivity index (χ2n) is 5.52. The van der Waals surface area contributed by atoms with Crippen molar-refractivity contribution in [3.05, 3.63) is 0 Å². The van der Waals surface area contributed by atoms with Gasteiger partial charge in [0.15, 0.2) is 0 Å². The van der Waals surface area contributed by atoms with E-state index in [0.717, 1.165) is 25.7 Å². The molecule has 0 aromatic heterocycles. The van der Waals surface area contributed by atoms with Crippen molar-refractivity contribution in [1.82, 2.24) is 10.6 Å². The molecule has 1 aliphatic rings. The van der Waals surface area contributed by atoms with Gasteiger partial charge in [0.2, 0.25) is 5.91 Å². The normalized spacial score (nSPS) is 19.7. The zero-order valence-corrected chi connectivity index (χ0v) is 12.0. The average molecular weight is 270 g/mol. The van der Waals surface area contributed by atoms with E-state index in [-0.39, 0.29) is 18.0 Å². The highest BCUT2D eigenvalue weighted by Crippen LogP contribution is 2.30. The summed E-state index contributed by atoms with van der Waals surface area (Å²) in [6.45, 7) is 2.05. The van der Waals surface area contributed by atoms with Gasteiger partial charge in [-0.3, -0.25) is 9.59 Å². The summed E-state index contributed by atoms with van der Waals surface area (Å²) in [6.07, 6.45) is 6.57. The summed E-state index contributed by atoms with van der Waals surface area (Å²) >= 11 is 0. The van der Waals surface area contributed by atoms with E-state index in [1.54, 1.807) is 0 Å². The topological polar surface area (TPSA) is 78.4 Å². The number of aliphatic carboxylic acids is 1. The number of hydrogen-bond acceptors (Lipinski definition) is 3. The van der Waals surface area contributed by atoms with Gasteiger partial charge in [-0.2, -0.15) is 0 Å². The van der Waals surface area contributed by atoms with E-state index >= 15 is 0 Å². The summed E-state index contributed by atoms with van der Waals surface area (Å²) in [5.74, 6) is -1.37. The Bertz CT molecular complexity index is 312. The number of nitrogens with one attached hydrogen (secondary N) is 2. The maximum Gasteiger partial charge on any atom is 0.308 e. The van der Waals surface area contributed by atoms with Crippen molar-refractivity contribution in [1.29, 1.82) is 0 Å². The molecule has 5 heteroatoms. The molecule has 3 N–H and O–H groups in total. The summed E-state index contributed by atoms with van der Waals surface area (Å²) < 4.78 is 0. The Morgan fingerprint density at radius 3 is 2.37 bits per heavy atom. The van der Waals surface area contributed by atoms with Gasteiger partial charge < -0.3 is 15.7 Å². The van der Waals surface area contributed by atoms with Crippen LogP contribution in [0.4, 0.5) is 0 Å². The SMILES string of the molecule is CCC(CNC(=O)CC1(NC)CCCCC1)C(=O)O. The number of hydrogen-bond donors (Lipinski definition) is 3. The van der Waals surface area contributed by atoms with Gasteiger partial charge >= 0.3 is 5.97 Å². The van der Waals surface area contributed by atoms with Crippen LogP contribution in [-0.4, -0.2) is 36.1 Å². The number of carbonyl (C=O) groups excluding carboxylic acids is 1. The maximum absolute atomic E-state index is 12.0. The summed E-state index contributed by atoms with van der Waals surface area (Å²) in [4.78, 5) is 22.9. The standard InChI is InChI=1S/C14H26N2O3/c1-3-11(13(18)19)10-16-12(17)9-14(15-2)7-5-4-6-8-14/h11,15H,3-10H2,1-2H3,(H,16,17)(H,18,19). The van der Waals surface area contributed by atoms with Crippen molar-refractivity contribution in [3.63, 3.8) is 0 Å². The Morgan fingerprint density at radius 1 is 1.26 bits per heavy atom. The lowest BCUT2D eigenvalue weighted by molar-refractivity contribution is -0.141. The molecular weight excluding hydrogens is 244 g/mol. The first-order valence-electron chi connectivity index (χ1n) is 7.21. The molecular formula is C14H26N2O3. The molecule has 110 valence electrons. The van der Waals surface area contributed by atoms with Crippen molar-refractivity contribution < 1.29 is 14.7 Å². The van der Waals surface area contributed by atoms with Crippen molar-refractivity contribution in [2.45, 2.75) is 57.4 Å². The minimum atomic E-state index is -0.844. The number of rotatable bonds is 7. The molecule has 0 heterocycles. The van der Waals surface area contributed by atoms with Crippen LogP contribution in [-0.2, 0) is 9.59 Å². The van der Waals surface area contributed by atoms with Gasteiger partial charge in [0.05, 0.1) is 5.92 Å². The van der Waals surface area contributed by atoms with Crippen LogP contribution < -0.4 is 10.6 Å². The zero-order valence-electron chi connectivity index (χ0n) is 12.0. The molecule has 5 nitrogen and oxygen atoms in total. The fourth-order valence-corrected chi connectivity index (χ4v) is 2.76. The van der Waals surface area contributed by atoms with Gasteiger partial charge in [-0.1, -0.05) is 26.2 Å². The van der Waals surface area contributed by atoms with Crippen LogP contribution >= 0.6 is 0 Å². The molecule has 1 amide bonds. The lowest BCUT2D eigenvalue weighted by atomic mass is 9.79. The second-order valence-corrected chi connectivity index (χ2v) is 5.52. The Hall–Kier alpha value is -1.10. The molecule has 1 rings (SSSR count). The first kappa shape index (κ1) is 16.0. The zero-order chi connectivity index (χ0) is 14.3. The van der Waals surface area contributed by atoms with E-state index in [2.05, 4.69) is 10.6 Å². The van der Waals surface area contributed by atoms with Crippen LogP contribution in [0.15, 0.2) is 0 Å². The monoisotopic (exact) mass is 270 g/mol. The number of carboxylic acid groups (broad SMARTS) is 1. The van der Waals surface area contributed by atoms with Crippen LogP contribution in [0, 0.1) is 5.92 Å². The van der Waals surface area contributed by atoms with Crippen LogP contribution in [0.2, 0.25) is 0 Å². The Morgan fingerprint density at radius 2 is 1.89 bits per heavy atom. The second kappa shape index (κ2) is 7.48. The Kier molecular flexibility index (Phi) is 6.28. The molecule has 0 aliphatic heterocycles. The van der Waals surface area contributed by atoms with Gasteiger partial charge in [-0.05, 0) is 26.3 Å². The van der Waals surface area contributed by atoms with E-state index in [1.165, 1.54) is 6.42 Å². The molecule has 1 unspecified atom stereocenters. The lowest BCUT2D eigenvalue weighted by Gasteiger charge is -2.36. The van der Waals surface area contributed by atoms with E-state index < -0.39 is 11.9 Å². The summed E-state index contributed by atoms with van der Waals surface area (Å²) in [6, 6.07) is 0. The van der Waals surface area contributed by atoms with Crippen molar-refractivity contribution in [2.75, 3.05) is 13.6 Å². The summed E-state index contributed by atoms with van der Waals surface area (Å²) in [7, 11) is 1.91. The molecule has 0 saturated heterocycles. The highest BCUT2D eigenvalue weighted by atomic mass is 16.4. The van der Waals surface area contributed by atoms with Gasteiger partial charge in [0, 0.05) is 18.5 Å². The summed E-state index contributed by atoms with van der Waals surface area (Å²) in [5, 5.41) is 15.0. The van der Waals surface area contributed by atoms with Gasteiger partial charge in [0.1, 0.15) is 0 Å². The first-order chi connectivity index (χ1) is 9.03. The minimum Gasteiger partial charge on any atom is -0.481 e. The van der Waals surface area contributed by atoms with Crippen LogP contribution in [0.5, 0.6) is 0 Å². The first-order valence-corrected chi connectivity index (χ1v) is 7.21. The van der Waals surface area contributed by atoms with Crippen molar-refractivity contribution in [3.8, 4) is 0 Å². The van der Waals surface area contributed by atoms with Crippen molar-refractivity contribution in [2.24, 2.45) is 5.92 Å². The van der Waals surface area contributed by atoms with Gasteiger partial charge in [-0.25, -0.2) is 0 Å². The minimum absolute atomic E-state index is 0.0454. The average Bonchev–Trinajstić information content (AvgIpc) is 2.40. The fourth-order valence-electron chi connectivity index (χ4n) is 2.76. The highest BCUT2D eigenvalue weighted by molar-refractivity contribution is 5.78. The van der Waals surface area contributed by atoms with E-state index in [9.17, 15) is 9.59 Å². The molecule has 0 aromatic carbocycles. The Labute approximate surface area is 115 Å². The molecule has 0 spiro atoms. The number of carbonyl (C=O) groups is 2. The quantitative estimate of drug-likeness (QED) is 0.655. The summed E-state index contributed by atoms with van der Waals surface area (Å²) in [5.41, 5.74) is -0.0900. The molecule has 19 heavy (non-hydrogen) atoms. The molecule has 0 aromatic rings. The van der Waals surface area contributed by atoms with Crippen LogP contribution in [0.3, 0.4) is 0 Å². The largest absolute Gasteiger partial charge is 0.481 e. The molecule has 1 fully saturated rings. The number of amides is 1.